The van der Waals surface area contributed by atoms with Crippen molar-refractivity contribution in [3.8, 4) is 16.6 Å². The Morgan fingerprint density at radius 3 is 2.60 bits per heavy atom. The molecule has 4 heterocycles. The minimum Gasteiger partial charge on any atom is -0.447 e. The molecule has 0 radical (unpaired) electrons. The van der Waals surface area contributed by atoms with Crippen molar-refractivity contribution in [1.29, 1.82) is 5.26 Å². The van der Waals surface area contributed by atoms with Crippen molar-refractivity contribution in [1.82, 2.24) is 19.4 Å². The number of hydrogen-bond acceptors (Lipinski definition) is 8. The van der Waals surface area contributed by atoms with E-state index in [4.69, 9.17) is 15.7 Å². The number of nitrogen functional groups attached to an aromatic ring is 1. The molecule has 1 unspecified atom stereocenters. The first kappa shape index (κ1) is 29.1. The summed E-state index contributed by atoms with van der Waals surface area (Å²) in [6, 6.07) is 12.3. The Balaban J connectivity index is 0.000000295. The summed E-state index contributed by atoms with van der Waals surface area (Å²) < 4.78 is 45.3. The fourth-order valence-corrected chi connectivity index (χ4v) is 5.83. The lowest BCUT2D eigenvalue weighted by Crippen LogP contribution is -2.37. The van der Waals surface area contributed by atoms with Crippen LogP contribution in [0.5, 0.6) is 0 Å². The van der Waals surface area contributed by atoms with Gasteiger partial charge in [-0.05, 0) is 49.1 Å². The number of hydrogen-bond donors (Lipinski definition) is 1. The molecule has 2 saturated heterocycles. The molecule has 2 aromatic heterocycles. The summed E-state index contributed by atoms with van der Waals surface area (Å²) in [5.41, 5.74) is 7.93. The number of nitriles is 1. The van der Waals surface area contributed by atoms with E-state index in [2.05, 4.69) is 9.97 Å². The van der Waals surface area contributed by atoms with E-state index < -0.39 is 11.1 Å². The number of ether oxygens (including phenoxy) is 1. The third kappa shape index (κ3) is 5.94. The average Bonchev–Trinajstić information content (AvgIpc) is 3.63. The maximum absolute atomic E-state index is 13.2. The highest BCUT2D eigenvalue weighted by Crippen LogP contribution is 2.39. The number of cyclic esters (lactones) is 1. The molecule has 9 nitrogen and oxygen atoms in total. The van der Waals surface area contributed by atoms with Crippen molar-refractivity contribution >= 4 is 34.0 Å². The Labute approximate surface area is 243 Å². The van der Waals surface area contributed by atoms with Gasteiger partial charge in [-0.15, -0.1) is 11.3 Å². The standard InChI is InChI=1S/C22H16F3N5OS.C7H11NO2/c1-2-19-29-17-8-14(20-28-10-18(32-20)22(23,24)25)16(27)7-15(17)21(31)30(19)11-13-5-3-12(9-26)4-6-13;9-7-8-4-2-1-3-6(8)5-10-7/h3-8,10H,2,11,27H2,1H3;6H,1-5H2. The lowest BCUT2D eigenvalue weighted by atomic mass is 10.0. The van der Waals surface area contributed by atoms with Gasteiger partial charge in [0.2, 0.25) is 0 Å². The SMILES string of the molecule is CCc1nc2cc(-c3ncc(C(F)(F)F)s3)c(N)cc2c(=O)n1Cc1ccc(C#N)cc1.O=C1OCC2CCCCN12. The highest BCUT2D eigenvalue weighted by atomic mass is 32.1. The average molecular weight is 597 g/mol. The fourth-order valence-electron chi connectivity index (χ4n) is 5.01. The van der Waals surface area contributed by atoms with Gasteiger partial charge in [0.1, 0.15) is 22.3 Å². The summed E-state index contributed by atoms with van der Waals surface area (Å²) in [7, 11) is 0. The Morgan fingerprint density at radius 2 is 1.95 bits per heavy atom. The van der Waals surface area contributed by atoms with Crippen molar-refractivity contribution in [2.75, 3.05) is 18.9 Å². The number of piperidine rings is 1. The lowest BCUT2D eigenvalue weighted by Gasteiger charge is -2.25. The molecule has 2 aliphatic heterocycles. The summed E-state index contributed by atoms with van der Waals surface area (Å²) in [5.74, 6) is 0.526. The highest BCUT2D eigenvalue weighted by Gasteiger charge is 2.34. The van der Waals surface area contributed by atoms with Gasteiger partial charge in [-0.1, -0.05) is 19.1 Å². The van der Waals surface area contributed by atoms with Crippen LogP contribution >= 0.6 is 11.3 Å². The van der Waals surface area contributed by atoms with Gasteiger partial charge in [-0.3, -0.25) is 9.36 Å². The second-order valence-corrected chi connectivity index (χ2v) is 11.0. The largest absolute Gasteiger partial charge is 0.447 e. The molecule has 2 aromatic carbocycles. The Bertz CT molecular complexity index is 1730. The second kappa shape index (κ2) is 11.8. The van der Waals surface area contributed by atoms with E-state index in [9.17, 15) is 22.8 Å². The quantitative estimate of drug-likeness (QED) is 0.304. The van der Waals surface area contributed by atoms with Crippen LogP contribution in [0.1, 0.15) is 48.0 Å². The number of nitrogens with two attached hydrogens (primary N) is 1. The first-order chi connectivity index (χ1) is 20.1. The molecular formula is C29H27F3N6O3S. The lowest BCUT2D eigenvalue weighted by molar-refractivity contribution is -0.134. The number of thiazole rings is 1. The normalized spacial score (nSPS) is 16.4. The van der Waals surface area contributed by atoms with Gasteiger partial charge in [0.05, 0.1) is 41.3 Å². The Morgan fingerprint density at radius 1 is 1.19 bits per heavy atom. The van der Waals surface area contributed by atoms with E-state index in [-0.39, 0.29) is 34.3 Å². The minimum absolute atomic E-state index is 0.107. The number of carbonyl (C=O) groups is 1. The molecule has 0 aliphatic carbocycles. The van der Waals surface area contributed by atoms with Gasteiger partial charge in [0.25, 0.3) is 5.56 Å². The maximum atomic E-state index is 13.2. The molecular weight excluding hydrogens is 569 g/mol. The number of aromatic nitrogens is 3. The first-order valence-corrected chi connectivity index (χ1v) is 14.2. The minimum atomic E-state index is -4.49. The van der Waals surface area contributed by atoms with E-state index in [1.165, 1.54) is 23.1 Å². The van der Waals surface area contributed by atoms with E-state index in [0.717, 1.165) is 31.1 Å². The molecule has 13 heteroatoms. The van der Waals surface area contributed by atoms with Crippen LogP contribution in [0.3, 0.4) is 0 Å². The monoisotopic (exact) mass is 596 g/mol. The number of rotatable bonds is 4. The zero-order valence-corrected chi connectivity index (χ0v) is 23.5. The smallest absolute Gasteiger partial charge is 0.427 e. The zero-order chi connectivity index (χ0) is 30.0. The molecule has 2 aliphatic rings. The number of fused-ring (bicyclic) bond motifs is 2. The van der Waals surface area contributed by atoms with Crippen molar-refractivity contribution in [2.45, 2.75) is 51.4 Å². The van der Waals surface area contributed by atoms with Gasteiger partial charge >= 0.3 is 12.3 Å². The molecule has 6 rings (SSSR count). The molecule has 42 heavy (non-hydrogen) atoms. The van der Waals surface area contributed by atoms with E-state index in [1.54, 1.807) is 24.3 Å². The molecule has 4 aromatic rings. The van der Waals surface area contributed by atoms with Crippen LogP contribution in [0, 0.1) is 11.3 Å². The first-order valence-electron chi connectivity index (χ1n) is 13.4. The van der Waals surface area contributed by atoms with Gasteiger partial charge in [-0.25, -0.2) is 14.8 Å². The van der Waals surface area contributed by atoms with E-state index >= 15 is 0 Å². The molecule has 0 bridgehead atoms. The molecule has 0 saturated carbocycles. The summed E-state index contributed by atoms with van der Waals surface area (Å²) in [6.07, 6.45) is 0.161. The summed E-state index contributed by atoms with van der Waals surface area (Å²) in [6.45, 7) is 3.65. The summed E-state index contributed by atoms with van der Waals surface area (Å²) >= 11 is 0.488. The Kier molecular flexibility index (Phi) is 8.17. The number of amides is 1. The van der Waals surface area contributed by atoms with Crippen molar-refractivity contribution in [3.63, 3.8) is 0 Å². The molecule has 0 spiro atoms. The molecule has 1 atom stereocenters. The van der Waals surface area contributed by atoms with Crippen molar-refractivity contribution in [3.05, 3.63) is 74.8 Å². The molecule has 1 amide bonds. The molecule has 2 fully saturated rings. The third-order valence-electron chi connectivity index (χ3n) is 7.22. The summed E-state index contributed by atoms with van der Waals surface area (Å²) in [5, 5.41) is 9.33. The Hall–Kier alpha value is -4.44. The van der Waals surface area contributed by atoms with Crippen LogP contribution in [0.4, 0.5) is 23.7 Å². The predicted octanol–water partition coefficient (Wildman–Crippen LogP) is 5.59. The van der Waals surface area contributed by atoms with Gasteiger partial charge in [-0.2, -0.15) is 18.4 Å². The van der Waals surface area contributed by atoms with Gasteiger partial charge in [0.15, 0.2) is 0 Å². The number of anilines is 1. The second-order valence-electron chi connectivity index (χ2n) is 9.99. The summed E-state index contributed by atoms with van der Waals surface area (Å²) in [4.78, 5) is 33.6. The predicted molar refractivity (Wildman–Crippen MR) is 152 cm³/mol. The van der Waals surface area contributed by atoms with Crippen LogP contribution in [-0.2, 0) is 23.9 Å². The highest BCUT2D eigenvalue weighted by molar-refractivity contribution is 7.15. The maximum Gasteiger partial charge on any atom is 0.427 e. The van der Waals surface area contributed by atoms with E-state index in [1.807, 2.05) is 17.9 Å². The topological polar surface area (TPSA) is 127 Å². The number of nitrogens with zero attached hydrogens (tertiary/aromatic N) is 5. The molecule has 218 valence electrons. The van der Waals surface area contributed by atoms with Crippen LogP contribution in [0.15, 0.2) is 47.4 Å². The number of carbonyl (C=O) groups excluding carboxylic acids is 1. The van der Waals surface area contributed by atoms with E-state index in [0.29, 0.717) is 52.9 Å². The van der Waals surface area contributed by atoms with Crippen LogP contribution < -0.4 is 11.3 Å². The third-order valence-corrected chi connectivity index (χ3v) is 8.30. The van der Waals surface area contributed by atoms with Gasteiger partial charge < -0.3 is 15.4 Å². The number of benzene rings is 2. The fraction of sp³-hybridized carbons (Fsp3) is 0.345. The number of aryl methyl sites for hydroxylation is 1. The van der Waals surface area contributed by atoms with Gasteiger partial charge in [0, 0.05) is 24.2 Å². The number of halogens is 3. The van der Waals surface area contributed by atoms with Crippen molar-refractivity contribution in [2.24, 2.45) is 0 Å². The zero-order valence-electron chi connectivity index (χ0n) is 22.6. The molecule has 2 N–H and O–H groups in total. The van der Waals surface area contributed by atoms with Crippen LogP contribution in [-0.4, -0.2) is 44.7 Å². The van der Waals surface area contributed by atoms with Crippen LogP contribution in [0.2, 0.25) is 0 Å². The van der Waals surface area contributed by atoms with Crippen LogP contribution in [0.25, 0.3) is 21.5 Å². The van der Waals surface area contributed by atoms with Crippen molar-refractivity contribution < 1.29 is 22.7 Å². The number of alkyl halides is 3.